The predicted octanol–water partition coefficient (Wildman–Crippen LogP) is 1.88. The number of anilines is 1. The van der Waals surface area contributed by atoms with Gasteiger partial charge in [-0.1, -0.05) is 11.6 Å². The van der Waals surface area contributed by atoms with Gasteiger partial charge in [-0.3, -0.25) is 9.59 Å². The summed E-state index contributed by atoms with van der Waals surface area (Å²) in [5.74, 6) is -1.20. The molecule has 0 aliphatic carbocycles. The summed E-state index contributed by atoms with van der Waals surface area (Å²) in [6.07, 6.45) is 1.51. The lowest BCUT2D eigenvalue weighted by molar-refractivity contribution is -0.136. The smallest absolute Gasteiger partial charge is 0.316 e. The maximum absolute atomic E-state index is 11.5. The van der Waals surface area contributed by atoms with Crippen molar-refractivity contribution >= 4 is 40.9 Å². The van der Waals surface area contributed by atoms with E-state index in [0.717, 1.165) is 11.8 Å². The summed E-state index contributed by atoms with van der Waals surface area (Å²) in [6, 6.07) is 3.27. The lowest BCUT2D eigenvalue weighted by atomic mass is 10.4. The van der Waals surface area contributed by atoms with E-state index in [9.17, 15) is 9.59 Å². The zero-order valence-electron chi connectivity index (χ0n) is 9.01. The highest BCUT2D eigenvalue weighted by Gasteiger charge is 2.14. The van der Waals surface area contributed by atoms with Gasteiger partial charge in [-0.15, -0.1) is 11.8 Å². The normalized spacial score (nSPS) is 11.9. The van der Waals surface area contributed by atoms with E-state index >= 15 is 0 Å². The molecule has 1 aromatic rings. The first-order valence-corrected chi connectivity index (χ1v) is 6.18. The Balaban J connectivity index is 2.46. The van der Waals surface area contributed by atoms with Gasteiger partial charge in [0.2, 0.25) is 5.91 Å². The quantitative estimate of drug-likeness (QED) is 0.802. The molecule has 0 saturated carbocycles. The molecular formula is C10H11ClN2O3S. The lowest BCUT2D eigenvalue weighted by Crippen LogP contribution is -2.19. The van der Waals surface area contributed by atoms with Crippen molar-refractivity contribution in [3.8, 4) is 0 Å². The average molecular weight is 275 g/mol. The van der Waals surface area contributed by atoms with E-state index in [2.05, 4.69) is 10.3 Å². The molecule has 1 unspecified atom stereocenters. The summed E-state index contributed by atoms with van der Waals surface area (Å²) < 4.78 is 0. The lowest BCUT2D eigenvalue weighted by Gasteiger charge is -2.07. The highest BCUT2D eigenvalue weighted by Crippen LogP contribution is 2.18. The van der Waals surface area contributed by atoms with Crippen LogP contribution in [0.3, 0.4) is 0 Å². The second-order valence-electron chi connectivity index (χ2n) is 3.18. The first-order valence-electron chi connectivity index (χ1n) is 4.75. The van der Waals surface area contributed by atoms with Gasteiger partial charge in [-0.05, 0) is 19.1 Å². The van der Waals surface area contributed by atoms with Gasteiger partial charge in [0.1, 0.15) is 0 Å². The van der Waals surface area contributed by atoms with Gasteiger partial charge < -0.3 is 10.4 Å². The van der Waals surface area contributed by atoms with Crippen molar-refractivity contribution in [2.75, 3.05) is 11.1 Å². The minimum atomic E-state index is -0.942. The van der Waals surface area contributed by atoms with Crippen molar-refractivity contribution in [2.24, 2.45) is 0 Å². The Morgan fingerprint density at radius 3 is 2.94 bits per heavy atom. The van der Waals surface area contributed by atoms with Gasteiger partial charge >= 0.3 is 5.97 Å². The number of pyridine rings is 1. The average Bonchev–Trinajstić information content (AvgIpc) is 2.29. The number of amides is 1. The van der Waals surface area contributed by atoms with Gasteiger partial charge in [0, 0.05) is 6.20 Å². The molecule has 0 saturated heterocycles. The van der Waals surface area contributed by atoms with E-state index in [1.165, 1.54) is 13.1 Å². The van der Waals surface area contributed by atoms with Crippen molar-refractivity contribution in [1.29, 1.82) is 0 Å². The fourth-order valence-electron chi connectivity index (χ4n) is 0.938. The number of rotatable bonds is 5. The highest BCUT2D eigenvalue weighted by atomic mass is 35.5. The summed E-state index contributed by atoms with van der Waals surface area (Å²) in [5, 5.41) is 10.8. The molecule has 17 heavy (non-hydrogen) atoms. The molecule has 92 valence electrons. The zero-order valence-corrected chi connectivity index (χ0v) is 10.6. The maximum Gasteiger partial charge on any atom is 0.316 e. The SMILES string of the molecule is CC(SCC(=O)Nc1cccnc1Cl)C(=O)O. The Kier molecular flexibility index (Phi) is 5.24. The fraction of sp³-hybridized carbons (Fsp3) is 0.300. The molecule has 0 bridgehead atoms. The van der Waals surface area contributed by atoms with Gasteiger partial charge in [0.05, 0.1) is 16.7 Å². The largest absolute Gasteiger partial charge is 0.480 e. The van der Waals surface area contributed by atoms with Gasteiger partial charge in [0.15, 0.2) is 5.15 Å². The molecule has 0 aromatic carbocycles. The second kappa shape index (κ2) is 6.46. The van der Waals surface area contributed by atoms with Crippen LogP contribution in [0.4, 0.5) is 5.69 Å². The van der Waals surface area contributed by atoms with Crippen molar-refractivity contribution in [2.45, 2.75) is 12.2 Å². The number of hydrogen-bond donors (Lipinski definition) is 2. The Bertz CT molecular complexity index is 428. The number of nitrogens with zero attached hydrogens (tertiary/aromatic N) is 1. The third kappa shape index (κ3) is 4.62. The van der Waals surface area contributed by atoms with Crippen molar-refractivity contribution in [1.82, 2.24) is 4.98 Å². The van der Waals surface area contributed by atoms with Crippen LogP contribution in [0.2, 0.25) is 5.15 Å². The van der Waals surface area contributed by atoms with Crippen molar-refractivity contribution in [3.63, 3.8) is 0 Å². The topological polar surface area (TPSA) is 79.3 Å². The van der Waals surface area contributed by atoms with Crippen LogP contribution in [-0.2, 0) is 9.59 Å². The van der Waals surface area contributed by atoms with E-state index in [1.54, 1.807) is 12.1 Å². The minimum Gasteiger partial charge on any atom is -0.480 e. The second-order valence-corrected chi connectivity index (χ2v) is 4.87. The van der Waals surface area contributed by atoms with Crippen LogP contribution in [0.1, 0.15) is 6.92 Å². The van der Waals surface area contributed by atoms with Crippen molar-refractivity contribution < 1.29 is 14.7 Å². The van der Waals surface area contributed by atoms with Gasteiger partial charge in [-0.2, -0.15) is 0 Å². The summed E-state index contributed by atoms with van der Waals surface area (Å²) in [5.41, 5.74) is 0.419. The molecule has 7 heteroatoms. The van der Waals surface area contributed by atoms with Crippen LogP contribution in [-0.4, -0.2) is 33.0 Å². The zero-order chi connectivity index (χ0) is 12.8. The molecular weight excluding hydrogens is 264 g/mol. The van der Waals surface area contributed by atoms with Crippen LogP contribution in [0.25, 0.3) is 0 Å². The molecule has 0 aliphatic heterocycles. The van der Waals surface area contributed by atoms with Gasteiger partial charge in [-0.25, -0.2) is 4.98 Å². The summed E-state index contributed by atoms with van der Waals surface area (Å²) in [6.45, 7) is 1.53. The molecule has 0 aliphatic rings. The molecule has 1 aromatic heterocycles. The maximum atomic E-state index is 11.5. The molecule has 0 spiro atoms. The Hall–Kier alpha value is -1.27. The third-order valence-electron chi connectivity index (χ3n) is 1.85. The molecule has 5 nitrogen and oxygen atoms in total. The number of hydrogen-bond acceptors (Lipinski definition) is 4. The van der Waals surface area contributed by atoms with E-state index < -0.39 is 11.2 Å². The number of nitrogens with one attached hydrogen (secondary N) is 1. The molecule has 1 amide bonds. The number of carboxylic acids is 1. The molecule has 2 N–H and O–H groups in total. The number of aliphatic carboxylic acids is 1. The molecule has 1 rings (SSSR count). The van der Waals surface area contributed by atoms with Crippen LogP contribution in [0.15, 0.2) is 18.3 Å². The first-order chi connectivity index (χ1) is 8.00. The van der Waals surface area contributed by atoms with Crippen LogP contribution in [0, 0.1) is 0 Å². The number of thioether (sulfide) groups is 1. The number of aromatic nitrogens is 1. The van der Waals surface area contributed by atoms with Crippen molar-refractivity contribution in [3.05, 3.63) is 23.5 Å². The van der Waals surface area contributed by atoms with Gasteiger partial charge in [0.25, 0.3) is 0 Å². The Labute approximate surface area is 108 Å². The van der Waals surface area contributed by atoms with Crippen LogP contribution >= 0.6 is 23.4 Å². The molecule has 0 radical (unpaired) electrons. The fourth-order valence-corrected chi connectivity index (χ4v) is 1.72. The van der Waals surface area contributed by atoms with E-state index in [4.69, 9.17) is 16.7 Å². The molecule has 1 atom stereocenters. The van der Waals surface area contributed by atoms with E-state index in [1.807, 2.05) is 0 Å². The number of carbonyl (C=O) groups excluding carboxylic acids is 1. The standard InChI is InChI=1S/C10H11ClN2O3S/c1-6(10(15)16)17-5-8(14)13-7-3-2-4-12-9(7)11/h2-4,6H,5H2,1H3,(H,13,14)(H,15,16). The highest BCUT2D eigenvalue weighted by molar-refractivity contribution is 8.01. The molecule has 1 heterocycles. The van der Waals surface area contributed by atoms with E-state index in [-0.39, 0.29) is 16.8 Å². The predicted molar refractivity (Wildman–Crippen MR) is 67.4 cm³/mol. The third-order valence-corrected chi connectivity index (χ3v) is 3.28. The molecule has 0 fully saturated rings. The summed E-state index contributed by atoms with van der Waals surface area (Å²) >= 11 is 6.80. The number of carbonyl (C=O) groups is 2. The monoisotopic (exact) mass is 274 g/mol. The number of carboxylic acid groups (broad SMARTS) is 1. The first kappa shape index (κ1) is 13.8. The van der Waals surface area contributed by atoms with Crippen LogP contribution < -0.4 is 5.32 Å². The summed E-state index contributed by atoms with van der Waals surface area (Å²) in [4.78, 5) is 25.8. The number of halogens is 1. The minimum absolute atomic E-state index is 0.0543. The van der Waals surface area contributed by atoms with E-state index in [0.29, 0.717) is 5.69 Å². The summed E-state index contributed by atoms with van der Waals surface area (Å²) in [7, 11) is 0. The van der Waals surface area contributed by atoms with Crippen LogP contribution in [0.5, 0.6) is 0 Å². The Morgan fingerprint density at radius 1 is 1.65 bits per heavy atom. The Morgan fingerprint density at radius 2 is 2.35 bits per heavy atom.